The first-order chi connectivity index (χ1) is 13.5. The highest BCUT2D eigenvalue weighted by molar-refractivity contribution is 6.10. The van der Waals surface area contributed by atoms with E-state index in [0.29, 0.717) is 16.8 Å². The summed E-state index contributed by atoms with van der Waals surface area (Å²) < 4.78 is 29.6. The fourth-order valence-corrected chi connectivity index (χ4v) is 3.43. The summed E-state index contributed by atoms with van der Waals surface area (Å²) in [6.07, 6.45) is 1.87. The summed E-state index contributed by atoms with van der Waals surface area (Å²) in [7, 11) is 0. The Balaban J connectivity index is 1.77. The molecule has 1 saturated heterocycles. The van der Waals surface area contributed by atoms with Gasteiger partial charge in [-0.2, -0.15) is 0 Å². The molecule has 3 nitrogen and oxygen atoms in total. The molecule has 28 heavy (non-hydrogen) atoms. The summed E-state index contributed by atoms with van der Waals surface area (Å²) in [5, 5.41) is 0. The average Bonchev–Trinajstić information content (AvgIpc) is 3.00. The summed E-state index contributed by atoms with van der Waals surface area (Å²) in [6.45, 7) is 1.58. The lowest BCUT2D eigenvalue weighted by atomic mass is 9.96. The lowest BCUT2D eigenvalue weighted by Gasteiger charge is -2.23. The molecule has 0 N–H and O–H groups in total. The number of halogens is 2. The number of carbonyl (C=O) groups excluding carboxylic acids is 2. The predicted molar refractivity (Wildman–Crippen MR) is 101 cm³/mol. The highest BCUT2D eigenvalue weighted by Gasteiger charge is 2.38. The Morgan fingerprint density at radius 3 is 2.29 bits per heavy atom. The maximum atomic E-state index is 14.8. The minimum absolute atomic E-state index is 0.0222. The molecule has 0 saturated carbocycles. The van der Waals surface area contributed by atoms with Crippen molar-refractivity contribution in [2.24, 2.45) is 0 Å². The second-order valence-electron chi connectivity index (χ2n) is 6.64. The maximum Gasteiger partial charge on any atom is 0.236 e. The van der Waals surface area contributed by atoms with E-state index in [9.17, 15) is 18.4 Å². The number of nitrogens with zero attached hydrogens (tertiary/aromatic N) is 1. The Hall–Kier alpha value is -3.52. The molecular formula is C23H15F2NO2. The van der Waals surface area contributed by atoms with Crippen LogP contribution in [0, 0.1) is 23.5 Å². The monoisotopic (exact) mass is 375 g/mol. The summed E-state index contributed by atoms with van der Waals surface area (Å²) >= 11 is 0. The third-order valence-corrected chi connectivity index (χ3v) is 4.79. The van der Waals surface area contributed by atoms with Crippen LogP contribution in [0.1, 0.15) is 30.9 Å². The molecule has 138 valence electrons. The zero-order valence-corrected chi connectivity index (χ0v) is 15.1. The molecule has 0 unspecified atom stereocenters. The van der Waals surface area contributed by atoms with E-state index in [-0.39, 0.29) is 24.2 Å². The first-order valence-electron chi connectivity index (χ1n) is 8.78. The minimum atomic E-state index is -0.898. The van der Waals surface area contributed by atoms with Crippen LogP contribution in [0.2, 0.25) is 0 Å². The number of fused-ring (bicyclic) bond motifs is 1. The maximum absolute atomic E-state index is 14.8. The second kappa shape index (κ2) is 6.90. The number of hydrogen-bond donors (Lipinski definition) is 0. The molecule has 1 amide bonds. The van der Waals surface area contributed by atoms with Crippen molar-refractivity contribution in [1.29, 1.82) is 0 Å². The molecule has 4 rings (SSSR count). The van der Waals surface area contributed by atoms with Gasteiger partial charge in [0.15, 0.2) is 17.4 Å². The van der Waals surface area contributed by atoms with Gasteiger partial charge < -0.3 is 0 Å². The molecule has 0 aromatic heterocycles. The van der Waals surface area contributed by atoms with Gasteiger partial charge in [-0.1, -0.05) is 36.1 Å². The van der Waals surface area contributed by atoms with Gasteiger partial charge >= 0.3 is 0 Å². The first-order valence-corrected chi connectivity index (χ1v) is 8.78. The Labute approximate surface area is 161 Å². The fourth-order valence-electron chi connectivity index (χ4n) is 3.43. The number of Topliss-reactive ketones (excluding diaryl/α,β-unsaturated/α-hetero) is 1. The van der Waals surface area contributed by atoms with Crippen molar-refractivity contribution < 1.29 is 18.4 Å². The van der Waals surface area contributed by atoms with Crippen molar-refractivity contribution in [1.82, 2.24) is 0 Å². The van der Waals surface area contributed by atoms with E-state index in [1.807, 2.05) is 18.2 Å². The summed E-state index contributed by atoms with van der Waals surface area (Å²) in [6, 6.07) is 11.3. The molecule has 2 aromatic carbocycles. The van der Waals surface area contributed by atoms with E-state index in [1.54, 1.807) is 25.1 Å². The van der Waals surface area contributed by atoms with E-state index in [2.05, 4.69) is 11.8 Å². The van der Waals surface area contributed by atoms with Crippen LogP contribution in [0.15, 0.2) is 65.4 Å². The molecule has 1 aliphatic heterocycles. The molecule has 2 aliphatic rings. The van der Waals surface area contributed by atoms with Gasteiger partial charge in [-0.3, -0.25) is 14.5 Å². The molecule has 1 aliphatic carbocycles. The van der Waals surface area contributed by atoms with Gasteiger partial charge in [0.2, 0.25) is 5.91 Å². The van der Waals surface area contributed by atoms with Crippen LogP contribution in [0.5, 0.6) is 0 Å². The van der Waals surface area contributed by atoms with Crippen molar-refractivity contribution in [2.75, 3.05) is 4.90 Å². The second-order valence-corrected chi connectivity index (χ2v) is 6.64. The topological polar surface area (TPSA) is 37.4 Å². The number of anilines is 1. The highest BCUT2D eigenvalue weighted by atomic mass is 19.1. The van der Waals surface area contributed by atoms with E-state index < -0.39 is 23.2 Å². The Morgan fingerprint density at radius 2 is 1.61 bits per heavy atom. The van der Waals surface area contributed by atoms with Gasteiger partial charge in [-0.15, -0.1) is 0 Å². The number of benzene rings is 2. The summed E-state index contributed by atoms with van der Waals surface area (Å²) in [5.74, 6) is 3.16. The van der Waals surface area contributed by atoms with Gasteiger partial charge in [0.1, 0.15) is 5.69 Å². The SMILES string of the molecule is CC1=C2C(=CCC1=O)CC(=O)N2c1c(F)cc(C#Cc2ccccc2)cc1F. The fraction of sp³-hybridized carbons (Fsp3) is 0.130. The lowest BCUT2D eigenvalue weighted by molar-refractivity contribution is -0.116. The van der Waals surface area contributed by atoms with Crippen molar-refractivity contribution >= 4 is 17.4 Å². The van der Waals surface area contributed by atoms with Crippen LogP contribution in [0.4, 0.5) is 14.5 Å². The zero-order valence-electron chi connectivity index (χ0n) is 15.1. The number of rotatable bonds is 1. The smallest absolute Gasteiger partial charge is 0.236 e. The minimum Gasteiger partial charge on any atom is -0.294 e. The quantitative estimate of drug-likeness (QED) is 0.698. The van der Waals surface area contributed by atoms with E-state index in [0.717, 1.165) is 22.6 Å². The molecule has 1 heterocycles. The van der Waals surface area contributed by atoms with Crippen molar-refractivity contribution in [2.45, 2.75) is 19.8 Å². The van der Waals surface area contributed by atoms with Crippen molar-refractivity contribution in [3.05, 3.63) is 88.1 Å². The number of allylic oxidation sites excluding steroid dienone is 3. The lowest BCUT2D eigenvalue weighted by Crippen LogP contribution is -2.27. The molecule has 0 spiro atoms. The van der Waals surface area contributed by atoms with Crippen LogP contribution in [0.25, 0.3) is 0 Å². The molecule has 0 atom stereocenters. The number of ketones is 1. The standard InChI is InChI=1S/C23H15F2NO2/c1-14-20(27)10-9-17-13-21(28)26(22(14)17)23-18(24)11-16(12-19(23)25)8-7-15-5-3-2-4-6-15/h2-6,9,11-12H,10,13H2,1H3. The van der Waals surface area contributed by atoms with Crippen molar-refractivity contribution in [3.63, 3.8) is 0 Å². The van der Waals surface area contributed by atoms with Crippen molar-refractivity contribution in [3.8, 4) is 11.8 Å². The number of carbonyl (C=O) groups is 2. The van der Waals surface area contributed by atoms with E-state index >= 15 is 0 Å². The van der Waals surface area contributed by atoms with Gasteiger partial charge in [0, 0.05) is 23.1 Å². The summed E-state index contributed by atoms with van der Waals surface area (Å²) in [5.41, 5.74) is 1.68. The number of amides is 1. The molecule has 2 aromatic rings. The van der Waals surface area contributed by atoms with Gasteiger partial charge in [-0.05, 0) is 36.8 Å². The van der Waals surface area contributed by atoms with Crippen LogP contribution < -0.4 is 4.90 Å². The van der Waals surface area contributed by atoms with E-state index in [1.165, 1.54) is 0 Å². The van der Waals surface area contributed by atoms with Crippen LogP contribution in [-0.2, 0) is 9.59 Å². The summed E-state index contributed by atoms with van der Waals surface area (Å²) in [4.78, 5) is 25.5. The van der Waals surface area contributed by atoms with Crippen LogP contribution >= 0.6 is 0 Å². The first kappa shape index (κ1) is 17.9. The zero-order chi connectivity index (χ0) is 19.8. The van der Waals surface area contributed by atoms with Gasteiger partial charge in [0.25, 0.3) is 0 Å². The normalized spacial score (nSPS) is 16.0. The van der Waals surface area contributed by atoms with E-state index in [4.69, 9.17) is 0 Å². The third kappa shape index (κ3) is 3.03. The largest absolute Gasteiger partial charge is 0.294 e. The highest BCUT2D eigenvalue weighted by Crippen LogP contribution is 2.40. The number of hydrogen-bond acceptors (Lipinski definition) is 2. The third-order valence-electron chi connectivity index (χ3n) is 4.79. The van der Waals surface area contributed by atoms with Gasteiger partial charge in [-0.25, -0.2) is 8.78 Å². The molecule has 1 fully saturated rings. The molecular weight excluding hydrogens is 360 g/mol. The Morgan fingerprint density at radius 1 is 0.964 bits per heavy atom. The Kier molecular flexibility index (Phi) is 4.40. The molecule has 0 bridgehead atoms. The van der Waals surface area contributed by atoms with Crippen LogP contribution in [0.3, 0.4) is 0 Å². The van der Waals surface area contributed by atoms with Crippen LogP contribution in [-0.4, -0.2) is 11.7 Å². The Bertz CT molecular complexity index is 1110. The predicted octanol–water partition coefficient (Wildman–Crippen LogP) is 4.27. The average molecular weight is 375 g/mol. The molecule has 0 radical (unpaired) electrons. The molecule has 5 heteroatoms. The van der Waals surface area contributed by atoms with Gasteiger partial charge in [0.05, 0.1) is 12.1 Å².